The molecule has 0 aliphatic carbocycles. The van der Waals surface area contributed by atoms with Crippen molar-refractivity contribution < 1.29 is 0 Å². The van der Waals surface area contributed by atoms with Gasteiger partial charge in [-0.05, 0) is 31.5 Å². The molecular weight excluding hydrogens is 246 g/mol. The van der Waals surface area contributed by atoms with E-state index in [0.29, 0.717) is 12.5 Å². The quantitative estimate of drug-likeness (QED) is 0.892. The highest BCUT2D eigenvalue weighted by Crippen LogP contribution is 2.24. The lowest BCUT2D eigenvalue weighted by Gasteiger charge is -2.38. The fourth-order valence-corrected chi connectivity index (χ4v) is 2.58. The van der Waals surface area contributed by atoms with Crippen LogP contribution in [-0.2, 0) is 0 Å². The van der Waals surface area contributed by atoms with Gasteiger partial charge in [-0.2, -0.15) is 5.26 Å². The zero-order valence-corrected chi connectivity index (χ0v) is 11.5. The first-order valence-corrected chi connectivity index (χ1v) is 6.62. The van der Waals surface area contributed by atoms with Crippen LogP contribution in [-0.4, -0.2) is 25.2 Å². The number of hydrogen-bond donors (Lipinski definition) is 1. The summed E-state index contributed by atoms with van der Waals surface area (Å²) in [5.41, 5.74) is 2.24. The lowest BCUT2D eigenvalue weighted by atomic mass is 10.1. The third kappa shape index (κ3) is 2.95. The van der Waals surface area contributed by atoms with E-state index in [2.05, 4.69) is 29.3 Å². The van der Waals surface area contributed by atoms with Crippen molar-refractivity contribution in [1.29, 1.82) is 5.26 Å². The van der Waals surface area contributed by atoms with Crippen LogP contribution in [0.2, 0.25) is 5.02 Å². The summed E-state index contributed by atoms with van der Waals surface area (Å²) in [7, 11) is 0. The predicted molar refractivity (Wildman–Crippen MR) is 75.0 cm³/mol. The van der Waals surface area contributed by atoms with Crippen molar-refractivity contribution in [3.8, 4) is 6.07 Å². The Morgan fingerprint density at radius 2 is 2.28 bits per heavy atom. The zero-order valence-electron chi connectivity index (χ0n) is 10.8. The van der Waals surface area contributed by atoms with E-state index in [1.807, 2.05) is 19.1 Å². The minimum Gasteiger partial charge on any atom is -0.368 e. The van der Waals surface area contributed by atoms with Crippen molar-refractivity contribution >= 4 is 17.3 Å². The van der Waals surface area contributed by atoms with Crippen molar-refractivity contribution in [3.05, 3.63) is 28.8 Å². The number of benzene rings is 1. The third-order valence-electron chi connectivity index (χ3n) is 3.31. The van der Waals surface area contributed by atoms with Gasteiger partial charge in [0.25, 0.3) is 0 Å². The number of piperazine rings is 1. The molecule has 4 heteroatoms. The summed E-state index contributed by atoms with van der Waals surface area (Å²) >= 11 is 6.17. The number of hydrogen-bond acceptors (Lipinski definition) is 3. The van der Waals surface area contributed by atoms with Crippen LogP contribution in [0.15, 0.2) is 18.2 Å². The van der Waals surface area contributed by atoms with Gasteiger partial charge in [-0.3, -0.25) is 0 Å². The van der Waals surface area contributed by atoms with Crippen LogP contribution in [0.1, 0.15) is 18.9 Å². The Labute approximate surface area is 113 Å². The maximum Gasteiger partial charge on any atom is 0.0638 e. The summed E-state index contributed by atoms with van der Waals surface area (Å²) in [6.45, 7) is 5.95. The van der Waals surface area contributed by atoms with Crippen molar-refractivity contribution in [2.24, 2.45) is 0 Å². The molecule has 96 valence electrons. The zero-order chi connectivity index (χ0) is 13.1. The van der Waals surface area contributed by atoms with Gasteiger partial charge >= 0.3 is 0 Å². The molecule has 1 fully saturated rings. The first-order chi connectivity index (χ1) is 8.60. The molecule has 0 spiro atoms. The average molecular weight is 264 g/mol. The maximum absolute atomic E-state index is 8.81. The molecule has 18 heavy (non-hydrogen) atoms. The van der Waals surface area contributed by atoms with Gasteiger partial charge in [0.1, 0.15) is 0 Å². The van der Waals surface area contributed by atoms with Crippen molar-refractivity contribution in [1.82, 2.24) is 5.32 Å². The molecular formula is C14H18ClN3. The predicted octanol–water partition coefficient (Wildman–Crippen LogP) is 2.73. The molecule has 0 saturated carbocycles. The second kappa shape index (κ2) is 5.60. The summed E-state index contributed by atoms with van der Waals surface area (Å²) < 4.78 is 0. The van der Waals surface area contributed by atoms with E-state index < -0.39 is 0 Å². The molecule has 1 aliphatic rings. The Bertz CT molecular complexity index is 467. The Balaban J connectivity index is 2.16. The molecule has 3 nitrogen and oxygen atoms in total. The van der Waals surface area contributed by atoms with E-state index >= 15 is 0 Å². The number of aryl methyl sites for hydroxylation is 1. The van der Waals surface area contributed by atoms with E-state index in [4.69, 9.17) is 16.9 Å². The second-order valence-corrected chi connectivity index (χ2v) is 5.37. The number of anilines is 1. The first kappa shape index (κ1) is 13.2. The van der Waals surface area contributed by atoms with E-state index in [0.717, 1.165) is 29.4 Å². The van der Waals surface area contributed by atoms with Crippen molar-refractivity contribution in [3.63, 3.8) is 0 Å². The van der Waals surface area contributed by atoms with Crippen molar-refractivity contribution in [2.45, 2.75) is 32.4 Å². The normalized spacial score (nSPS) is 23.8. The fraction of sp³-hybridized carbons (Fsp3) is 0.500. The van der Waals surface area contributed by atoms with E-state index in [9.17, 15) is 0 Å². The smallest absolute Gasteiger partial charge is 0.0638 e. The maximum atomic E-state index is 8.81. The molecule has 1 aromatic carbocycles. The van der Waals surface area contributed by atoms with Gasteiger partial charge in [0.2, 0.25) is 0 Å². The van der Waals surface area contributed by atoms with Crippen LogP contribution in [0.5, 0.6) is 0 Å². The van der Waals surface area contributed by atoms with Gasteiger partial charge in [-0.25, -0.2) is 0 Å². The molecule has 1 N–H and O–H groups in total. The van der Waals surface area contributed by atoms with Crippen LogP contribution in [0, 0.1) is 18.3 Å². The molecule has 1 aliphatic heterocycles. The standard InChI is InChI=1S/C14H18ClN3/c1-10-3-4-13(7-14(10)15)18-8-11(2)17-12(9-18)5-6-16/h3-4,7,11-12,17H,5,8-9H2,1-2H3. The number of nitrogens with one attached hydrogen (secondary N) is 1. The molecule has 2 atom stereocenters. The van der Waals surface area contributed by atoms with Crippen LogP contribution in [0.3, 0.4) is 0 Å². The minimum absolute atomic E-state index is 0.235. The Kier molecular flexibility index (Phi) is 4.11. The summed E-state index contributed by atoms with van der Waals surface area (Å²) in [5.74, 6) is 0. The number of halogens is 1. The molecule has 0 aromatic heterocycles. The highest BCUT2D eigenvalue weighted by molar-refractivity contribution is 6.31. The largest absolute Gasteiger partial charge is 0.368 e. The van der Waals surface area contributed by atoms with E-state index in [1.165, 1.54) is 0 Å². The van der Waals surface area contributed by atoms with E-state index in [1.54, 1.807) is 0 Å². The topological polar surface area (TPSA) is 39.1 Å². The Morgan fingerprint density at radius 1 is 1.50 bits per heavy atom. The van der Waals surface area contributed by atoms with Crippen LogP contribution in [0.25, 0.3) is 0 Å². The first-order valence-electron chi connectivity index (χ1n) is 6.24. The van der Waals surface area contributed by atoms with Gasteiger partial charge in [0, 0.05) is 35.9 Å². The molecule has 2 rings (SSSR count). The summed E-state index contributed by atoms with van der Waals surface area (Å²) in [5, 5.41) is 13.1. The van der Waals surface area contributed by atoms with Gasteiger partial charge in [0.05, 0.1) is 12.5 Å². The lowest BCUT2D eigenvalue weighted by Crippen LogP contribution is -2.55. The summed E-state index contributed by atoms with van der Waals surface area (Å²) in [4.78, 5) is 2.30. The van der Waals surface area contributed by atoms with Gasteiger partial charge in [-0.15, -0.1) is 0 Å². The monoisotopic (exact) mass is 263 g/mol. The lowest BCUT2D eigenvalue weighted by molar-refractivity contribution is 0.391. The summed E-state index contributed by atoms with van der Waals surface area (Å²) in [6.07, 6.45) is 0.542. The molecule has 0 amide bonds. The molecule has 1 aromatic rings. The minimum atomic E-state index is 0.235. The van der Waals surface area contributed by atoms with Gasteiger partial charge in [0.15, 0.2) is 0 Å². The fourth-order valence-electron chi connectivity index (χ4n) is 2.40. The summed E-state index contributed by atoms with van der Waals surface area (Å²) in [6, 6.07) is 9.01. The Morgan fingerprint density at radius 3 is 2.94 bits per heavy atom. The molecule has 0 radical (unpaired) electrons. The number of nitriles is 1. The van der Waals surface area contributed by atoms with Gasteiger partial charge in [-0.1, -0.05) is 17.7 Å². The number of nitrogens with zero attached hydrogens (tertiary/aromatic N) is 2. The molecule has 0 bridgehead atoms. The van der Waals surface area contributed by atoms with E-state index in [-0.39, 0.29) is 6.04 Å². The SMILES string of the molecule is Cc1ccc(N2CC(C)NC(CC#N)C2)cc1Cl. The van der Waals surface area contributed by atoms with Crippen molar-refractivity contribution in [2.75, 3.05) is 18.0 Å². The number of rotatable bonds is 2. The highest BCUT2D eigenvalue weighted by Gasteiger charge is 2.24. The van der Waals surface area contributed by atoms with Gasteiger partial charge < -0.3 is 10.2 Å². The second-order valence-electron chi connectivity index (χ2n) is 4.97. The molecule has 1 heterocycles. The van der Waals surface area contributed by atoms with Crippen LogP contribution < -0.4 is 10.2 Å². The Hall–Kier alpha value is -1.24. The average Bonchev–Trinajstić information content (AvgIpc) is 2.32. The molecule has 1 saturated heterocycles. The van der Waals surface area contributed by atoms with Crippen LogP contribution in [0.4, 0.5) is 5.69 Å². The third-order valence-corrected chi connectivity index (χ3v) is 3.72. The highest BCUT2D eigenvalue weighted by atomic mass is 35.5. The van der Waals surface area contributed by atoms with Crippen LogP contribution >= 0.6 is 11.6 Å². The molecule has 2 unspecified atom stereocenters.